The Hall–Kier alpha value is -3.21. The highest BCUT2D eigenvalue weighted by atomic mass is 35.5. The fourth-order valence-corrected chi connectivity index (χ4v) is 4.48. The predicted octanol–water partition coefficient (Wildman–Crippen LogP) is 3.80. The lowest BCUT2D eigenvalue weighted by molar-refractivity contribution is -0.116. The SMILES string of the molecule is CCNS(=O)(=O)c1cccc(Nc2ncc(Cl)c(Nc3ccc4c(c3)CCC(=O)N4)n2)c1. The number of anilines is 5. The lowest BCUT2D eigenvalue weighted by Gasteiger charge is -2.18. The molecule has 1 amide bonds. The van der Waals surface area contributed by atoms with E-state index in [0.29, 0.717) is 35.9 Å². The van der Waals surface area contributed by atoms with Crippen LogP contribution in [0.15, 0.2) is 53.6 Å². The Morgan fingerprint density at radius 1 is 1.09 bits per heavy atom. The Morgan fingerprint density at radius 3 is 2.72 bits per heavy atom. The predicted molar refractivity (Wildman–Crippen MR) is 124 cm³/mol. The first kappa shape index (κ1) is 22.0. The van der Waals surface area contributed by atoms with Gasteiger partial charge in [0.2, 0.25) is 21.9 Å². The van der Waals surface area contributed by atoms with Gasteiger partial charge in [-0.25, -0.2) is 18.1 Å². The average Bonchev–Trinajstić information content (AvgIpc) is 2.76. The molecule has 0 fully saturated rings. The minimum atomic E-state index is -3.58. The largest absolute Gasteiger partial charge is 0.339 e. The molecule has 0 unspecified atom stereocenters. The van der Waals surface area contributed by atoms with Gasteiger partial charge in [-0.05, 0) is 48.4 Å². The zero-order valence-electron chi connectivity index (χ0n) is 17.1. The maximum Gasteiger partial charge on any atom is 0.240 e. The van der Waals surface area contributed by atoms with E-state index in [4.69, 9.17) is 11.6 Å². The molecule has 0 aliphatic carbocycles. The molecular formula is C21H21ClN6O3S. The Bertz CT molecular complexity index is 1280. The Labute approximate surface area is 190 Å². The molecule has 0 radical (unpaired) electrons. The second-order valence-corrected chi connectivity index (χ2v) is 9.26. The molecule has 1 aromatic heterocycles. The van der Waals surface area contributed by atoms with Crippen LogP contribution in [-0.2, 0) is 21.2 Å². The van der Waals surface area contributed by atoms with Crippen LogP contribution >= 0.6 is 11.6 Å². The van der Waals surface area contributed by atoms with Crippen LogP contribution in [0.1, 0.15) is 18.9 Å². The van der Waals surface area contributed by atoms with Crippen molar-refractivity contribution in [3.8, 4) is 0 Å². The fourth-order valence-electron chi connectivity index (χ4n) is 3.26. The van der Waals surface area contributed by atoms with E-state index in [1.165, 1.54) is 18.3 Å². The highest BCUT2D eigenvalue weighted by Crippen LogP contribution is 2.29. The van der Waals surface area contributed by atoms with Gasteiger partial charge in [-0.3, -0.25) is 4.79 Å². The maximum absolute atomic E-state index is 12.2. The number of hydrogen-bond donors (Lipinski definition) is 4. The zero-order chi connectivity index (χ0) is 22.7. The third-order valence-electron chi connectivity index (χ3n) is 4.74. The van der Waals surface area contributed by atoms with Crippen LogP contribution in [0.3, 0.4) is 0 Å². The molecule has 0 spiro atoms. The van der Waals surface area contributed by atoms with Crippen molar-refractivity contribution < 1.29 is 13.2 Å². The first-order valence-electron chi connectivity index (χ1n) is 9.93. The standard InChI is InChI=1S/C21H21ClN6O3S/c1-2-24-32(30,31)16-5-3-4-14(11-16)26-21-23-12-17(22)20(28-21)25-15-7-8-18-13(10-15)6-9-19(29)27-18/h3-5,7-8,10-12,24H,2,6,9H2,1H3,(H,27,29)(H2,23,25,26,28). The summed E-state index contributed by atoms with van der Waals surface area (Å²) < 4.78 is 26.9. The normalized spacial score (nSPS) is 13.2. The minimum absolute atomic E-state index is 0.00937. The third-order valence-corrected chi connectivity index (χ3v) is 6.56. The molecule has 9 nitrogen and oxygen atoms in total. The lowest BCUT2D eigenvalue weighted by Crippen LogP contribution is -2.23. The molecule has 0 saturated heterocycles. The first-order chi connectivity index (χ1) is 15.3. The van der Waals surface area contributed by atoms with Crippen LogP contribution < -0.4 is 20.7 Å². The van der Waals surface area contributed by atoms with Crippen molar-refractivity contribution in [2.45, 2.75) is 24.7 Å². The van der Waals surface area contributed by atoms with Crippen molar-refractivity contribution in [3.63, 3.8) is 0 Å². The number of carbonyl (C=O) groups is 1. The number of benzene rings is 2. The summed E-state index contributed by atoms with van der Waals surface area (Å²) in [4.78, 5) is 20.3. The highest BCUT2D eigenvalue weighted by molar-refractivity contribution is 7.89. The fraction of sp³-hybridized carbons (Fsp3) is 0.190. The van der Waals surface area contributed by atoms with Gasteiger partial charge in [0.1, 0.15) is 5.02 Å². The van der Waals surface area contributed by atoms with E-state index >= 15 is 0 Å². The topological polar surface area (TPSA) is 125 Å². The summed E-state index contributed by atoms with van der Waals surface area (Å²) in [5.74, 6) is 0.649. The molecule has 2 heterocycles. The lowest BCUT2D eigenvalue weighted by atomic mass is 10.0. The first-order valence-corrected chi connectivity index (χ1v) is 11.8. The molecule has 0 atom stereocenters. The van der Waals surface area contributed by atoms with Gasteiger partial charge in [-0.15, -0.1) is 0 Å². The van der Waals surface area contributed by atoms with Gasteiger partial charge in [0, 0.05) is 30.0 Å². The number of nitrogens with one attached hydrogen (secondary N) is 4. The van der Waals surface area contributed by atoms with Crippen LogP contribution in [0.25, 0.3) is 0 Å². The van der Waals surface area contributed by atoms with E-state index in [9.17, 15) is 13.2 Å². The molecule has 4 rings (SSSR count). The van der Waals surface area contributed by atoms with Gasteiger partial charge in [0.15, 0.2) is 5.82 Å². The number of hydrogen-bond acceptors (Lipinski definition) is 7. The summed E-state index contributed by atoms with van der Waals surface area (Å²) in [6.07, 6.45) is 2.56. The van der Waals surface area contributed by atoms with Crippen LogP contribution in [0.5, 0.6) is 0 Å². The van der Waals surface area contributed by atoms with Crippen LogP contribution in [0, 0.1) is 0 Å². The van der Waals surface area contributed by atoms with Crippen molar-refractivity contribution in [2.24, 2.45) is 0 Å². The third kappa shape index (κ3) is 4.98. The van der Waals surface area contributed by atoms with Gasteiger partial charge >= 0.3 is 0 Å². The molecule has 3 aromatic rings. The smallest absolute Gasteiger partial charge is 0.240 e. The number of rotatable bonds is 7. The average molecular weight is 473 g/mol. The van der Waals surface area contributed by atoms with Crippen LogP contribution in [0.4, 0.5) is 28.8 Å². The summed E-state index contributed by atoms with van der Waals surface area (Å²) in [6.45, 7) is 2.01. The monoisotopic (exact) mass is 472 g/mol. The van der Waals surface area contributed by atoms with Crippen molar-refractivity contribution in [1.29, 1.82) is 0 Å². The molecule has 11 heteroatoms. The molecule has 0 bridgehead atoms. The van der Waals surface area contributed by atoms with Crippen molar-refractivity contribution in [1.82, 2.24) is 14.7 Å². The van der Waals surface area contributed by atoms with E-state index in [1.54, 1.807) is 19.1 Å². The van der Waals surface area contributed by atoms with Crippen molar-refractivity contribution >= 4 is 56.4 Å². The summed E-state index contributed by atoms with van der Waals surface area (Å²) >= 11 is 6.27. The Morgan fingerprint density at radius 2 is 1.91 bits per heavy atom. The summed E-state index contributed by atoms with van der Waals surface area (Å²) in [5.41, 5.74) is 3.11. The summed E-state index contributed by atoms with van der Waals surface area (Å²) in [7, 11) is -3.58. The summed E-state index contributed by atoms with van der Waals surface area (Å²) in [5, 5.41) is 9.35. The number of sulfonamides is 1. The number of amides is 1. The van der Waals surface area contributed by atoms with Gasteiger partial charge in [-0.2, -0.15) is 4.98 Å². The number of aromatic nitrogens is 2. The second-order valence-electron chi connectivity index (χ2n) is 7.09. The molecule has 166 valence electrons. The molecule has 0 saturated carbocycles. The molecule has 1 aliphatic rings. The van der Waals surface area contributed by atoms with Crippen molar-refractivity contribution in [3.05, 3.63) is 59.2 Å². The quantitative estimate of drug-likeness (QED) is 0.412. The van der Waals surface area contributed by atoms with Gasteiger partial charge in [-0.1, -0.05) is 24.6 Å². The van der Waals surface area contributed by atoms with Crippen LogP contribution in [-0.4, -0.2) is 30.8 Å². The maximum atomic E-state index is 12.2. The van der Waals surface area contributed by atoms with Crippen LogP contribution in [0.2, 0.25) is 5.02 Å². The van der Waals surface area contributed by atoms with Gasteiger partial charge < -0.3 is 16.0 Å². The summed E-state index contributed by atoms with van der Waals surface area (Å²) in [6, 6.07) is 12.0. The van der Waals surface area contributed by atoms with E-state index in [0.717, 1.165) is 16.9 Å². The highest BCUT2D eigenvalue weighted by Gasteiger charge is 2.16. The van der Waals surface area contributed by atoms with E-state index in [2.05, 4.69) is 30.6 Å². The zero-order valence-corrected chi connectivity index (χ0v) is 18.7. The Balaban J connectivity index is 1.54. The van der Waals surface area contributed by atoms with E-state index in [1.807, 2.05) is 18.2 Å². The van der Waals surface area contributed by atoms with E-state index < -0.39 is 10.0 Å². The number of aryl methyl sites for hydroxylation is 1. The van der Waals surface area contributed by atoms with Gasteiger partial charge in [0.05, 0.1) is 11.1 Å². The number of carbonyl (C=O) groups excluding carboxylic acids is 1. The number of halogens is 1. The number of nitrogens with zero attached hydrogens (tertiary/aromatic N) is 2. The molecule has 32 heavy (non-hydrogen) atoms. The molecular weight excluding hydrogens is 452 g/mol. The molecule has 1 aliphatic heterocycles. The van der Waals surface area contributed by atoms with E-state index in [-0.39, 0.29) is 16.8 Å². The minimum Gasteiger partial charge on any atom is -0.339 e. The second kappa shape index (κ2) is 9.11. The molecule has 4 N–H and O–H groups in total. The van der Waals surface area contributed by atoms with Gasteiger partial charge in [0.25, 0.3) is 0 Å². The number of fused-ring (bicyclic) bond motifs is 1. The van der Waals surface area contributed by atoms with Crippen molar-refractivity contribution in [2.75, 3.05) is 22.5 Å². The molecule has 2 aromatic carbocycles. The Kier molecular flexibility index (Phi) is 6.26.